The molecule has 1 fully saturated rings. The molecule has 0 saturated carbocycles. The van der Waals surface area contributed by atoms with Crippen molar-refractivity contribution < 1.29 is 37.0 Å². The van der Waals surface area contributed by atoms with E-state index in [-0.39, 0.29) is 35.3 Å². The van der Waals surface area contributed by atoms with Crippen LogP contribution in [0.3, 0.4) is 0 Å². The average molecular weight is 664 g/mol. The van der Waals surface area contributed by atoms with Gasteiger partial charge in [0.1, 0.15) is 23.6 Å². The minimum absolute atomic E-state index is 0.0345. The number of methoxy groups -OCH3 is 2. The molecule has 0 unspecified atom stereocenters. The topological polar surface area (TPSA) is 140 Å². The second-order valence-electron chi connectivity index (χ2n) is 10.7. The van der Waals surface area contributed by atoms with Crippen LogP contribution in [0.1, 0.15) is 12.0 Å². The Kier molecular flexibility index (Phi) is 10.1. The van der Waals surface area contributed by atoms with Crippen molar-refractivity contribution in [3.05, 3.63) is 96.6 Å². The predicted molar refractivity (Wildman–Crippen MR) is 176 cm³/mol. The lowest BCUT2D eigenvalue weighted by Gasteiger charge is -2.25. The van der Waals surface area contributed by atoms with Crippen LogP contribution in [0.5, 0.6) is 11.5 Å². The standard InChI is InChI=1S/C33H33N3O8S2/c1-42-25-14-10-24(11-15-25)34-33(39)44-26-12-7-21(8-13-26)17-29(32(38)43-2)35-31(37)30-19-27(45)20-36(30)46(40,41)28-16-9-22-5-3-4-6-23(22)18-28/h3-16,18,27,29-30,45H,17,19-20H2,1-2H3,(H,34,39)(H,35,37)/t27-,29-,30-/m0/s1. The van der Waals surface area contributed by atoms with Crippen LogP contribution in [-0.4, -0.2) is 68.8 Å². The van der Waals surface area contributed by atoms with Crippen LogP contribution in [0.4, 0.5) is 10.5 Å². The summed E-state index contributed by atoms with van der Waals surface area (Å²) in [5.74, 6) is -0.425. The highest BCUT2D eigenvalue weighted by molar-refractivity contribution is 7.89. The number of ether oxygens (including phenoxy) is 3. The van der Waals surface area contributed by atoms with E-state index < -0.39 is 40.1 Å². The molecule has 0 bridgehead atoms. The second kappa shape index (κ2) is 14.2. The maximum atomic E-state index is 13.7. The Labute approximate surface area is 272 Å². The zero-order valence-corrected chi connectivity index (χ0v) is 26.8. The molecule has 4 aromatic rings. The van der Waals surface area contributed by atoms with Crippen LogP contribution in [0.2, 0.25) is 0 Å². The number of benzene rings is 4. The van der Waals surface area contributed by atoms with Crippen molar-refractivity contribution in [3.63, 3.8) is 0 Å². The van der Waals surface area contributed by atoms with Gasteiger partial charge in [-0.15, -0.1) is 0 Å². The number of fused-ring (bicyclic) bond motifs is 1. The summed E-state index contributed by atoms with van der Waals surface area (Å²) in [6, 6.07) is 23.2. The van der Waals surface area contributed by atoms with Gasteiger partial charge in [-0.3, -0.25) is 10.1 Å². The molecule has 0 radical (unpaired) electrons. The third-order valence-corrected chi connectivity index (χ3v) is 9.82. The predicted octanol–water partition coefficient (Wildman–Crippen LogP) is 4.42. The average Bonchev–Trinajstić information content (AvgIpc) is 3.47. The van der Waals surface area contributed by atoms with Crippen LogP contribution in [0.25, 0.3) is 10.8 Å². The number of hydrogen-bond acceptors (Lipinski definition) is 9. The van der Waals surface area contributed by atoms with Crippen LogP contribution in [0, 0.1) is 0 Å². The summed E-state index contributed by atoms with van der Waals surface area (Å²) in [6.45, 7) is 0.0345. The highest BCUT2D eigenvalue weighted by atomic mass is 32.2. The van der Waals surface area contributed by atoms with Crippen molar-refractivity contribution in [3.8, 4) is 11.5 Å². The number of esters is 1. The number of sulfonamides is 1. The summed E-state index contributed by atoms with van der Waals surface area (Å²) in [5, 5.41) is 6.57. The summed E-state index contributed by atoms with van der Waals surface area (Å²) >= 11 is 4.48. The number of nitrogens with one attached hydrogen (secondary N) is 2. The maximum absolute atomic E-state index is 13.7. The number of rotatable bonds is 10. The minimum Gasteiger partial charge on any atom is -0.497 e. The molecular formula is C33H33N3O8S2. The Bertz CT molecular complexity index is 1830. The van der Waals surface area contributed by atoms with Crippen molar-refractivity contribution in [2.45, 2.75) is 35.1 Å². The third kappa shape index (κ3) is 7.61. The summed E-state index contributed by atoms with van der Waals surface area (Å²) in [7, 11) is -1.31. The van der Waals surface area contributed by atoms with Crippen molar-refractivity contribution >= 4 is 57.1 Å². The number of carbonyl (C=O) groups is 3. The smallest absolute Gasteiger partial charge is 0.417 e. The van der Waals surface area contributed by atoms with Crippen LogP contribution < -0.4 is 20.1 Å². The van der Waals surface area contributed by atoms with E-state index in [4.69, 9.17) is 14.2 Å². The Morgan fingerprint density at radius 1 is 0.913 bits per heavy atom. The fraction of sp³-hybridized carbons (Fsp3) is 0.242. The van der Waals surface area contributed by atoms with Gasteiger partial charge in [-0.2, -0.15) is 16.9 Å². The summed E-state index contributed by atoms with van der Waals surface area (Å²) in [6.07, 6.45) is -0.481. The van der Waals surface area contributed by atoms with Gasteiger partial charge in [0, 0.05) is 23.9 Å². The van der Waals surface area contributed by atoms with Gasteiger partial charge in [-0.05, 0) is 71.3 Å². The van der Waals surface area contributed by atoms with E-state index in [1.54, 1.807) is 67.8 Å². The number of thiol groups is 1. The molecule has 1 saturated heterocycles. The first-order valence-electron chi connectivity index (χ1n) is 14.4. The molecule has 2 N–H and O–H groups in total. The Balaban J connectivity index is 1.25. The van der Waals surface area contributed by atoms with Gasteiger partial charge < -0.3 is 19.5 Å². The van der Waals surface area contributed by atoms with E-state index >= 15 is 0 Å². The maximum Gasteiger partial charge on any atom is 0.417 e. The minimum atomic E-state index is -4.06. The number of amides is 2. The molecular weight excluding hydrogens is 631 g/mol. The summed E-state index contributed by atoms with van der Waals surface area (Å²) in [4.78, 5) is 38.6. The van der Waals surface area contributed by atoms with Crippen molar-refractivity contribution in [1.29, 1.82) is 0 Å². The monoisotopic (exact) mass is 663 g/mol. The normalized spacial score (nSPS) is 17.2. The SMILES string of the molecule is COC(=O)[C@H](Cc1ccc(OC(=O)Nc2ccc(OC)cc2)cc1)NC(=O)[C@@H]1C[C@H](S)CN1S(=O)(=O)c1ccc2ccccc2c1. The van der Waals surface area contributed by atoms with Crippen LogP contribution >= 0.6 is 12.6 Å². The third-order valence-electron chi connectivity index (χ3n) is 7.58. The lowest BCUT2D eigenvalue weighted by Crippen LogP contribution is -2.51. The zero-order valence-electron chi connectivity index (χ0n) is 25.1. The lowest BCUT2D eigenvalue weighted by atomic mass is 10.0. The van der Waals surface area contributed by atoms with Crippen LogP contribution in [0.15, 0.2) is 95.9 Å². The van der Waals surface area contributed by atoms with Crippen molar-refractivity contribution in [2.75, 3.05) is 26.1 Å². The highest BCUT2D eigenvalue weighted by Gasteiger charge is 2.44. The first kappa shape index (κ1) is 32.8. The first-order chi connectivity index (χ1) is 22.1. The Hall–Kier alpha value is -4.59. The van der Waals surface area contributed by atoms with Crippen molar-refractivity contribution in [1.82, 2.24) is 9.62 Å². The van der Waals surface area contributed by atoms with Gasteiger partial charge in [-0.25, -0.2) is 18.0 Å². The molecule has 3 atom stereocenters. The van der Waals surface area contributed by atoms with Crippen molar-refractivity contribution in [2.24, 2.45) is 0 Å². The highest BCUT2D eigenvalue weighted by Crippen LogP contribution is 2.30. The molecule has 5 rings (SSSR count). The number of nitrogens with zero attached hydrogens (tertiary/aromatic N) is 1. The van der Waals surface area contributed by atoms with Gasteiger partial charge >= 0.3 is 12.1 Å². The van der Waals surface area contributed by atoms with E-state index in [0.29, 0.717) is 17.0 Å². The van der Waals surface area contributed by atoms with E-state index in [9.17, 15) is 22.8 Å². The molecule has 0 aliphatic carbocycles. The summed E-state index contributed by atoms with van der Waals surface area (Å²) in [5.41, 5.74) is 1.16. The second-order valence-corrected chi connectivity index (χ2v) is 13.3. The molecule has 13 heteroatoms. The van der Waals surface area contributed by atoms with Gasteiger partial charge in [0.2, 0.25) is 15.9 Å². The molecule has 46 heavy (non-hydrogen) atoms. The van der Waals surface area contributed by atoms with E-state index in [2.05, 4.69) is 23.3 Å². The number of hydrogen-bond donors (Lipinski definition) is 3. The molecule has 1 heterocycles. The van der Waals surface area contributed by atoms with E-state index in [1.807, 2.05) is 24.3 Å². The van der Waals surface area contributed by atoms with Crippen LogP contribution in [-0.2, 0) is 30.8 Å². The number of anilines is 1. The number of carbonyl (C=O) groups excluding carboxylic acids is 3. The molecule has 1 aliphatic rings. The zero-order chi connectivity index (χ0) is 32.8. The fourth-order valence-electron chi connectivity index (χ4n) is 5.21. The Morgan fingerprint density at radius 3 is 2.26 bits per heavy atom. The quantitative estimate of drug-likeness (QED) is 0.167. The molecule has 240 valence electrons. The Morgan fingerprint density at radius 2 is 1.59 bits per heavy atom. The van der Waals surface area contributed by atoms with Gasteiger partial charge in [0.25, 0.3) is 0 Å². The molecule has 11 nitrogen and oxygen atoms in total. The van der Waals surface area contributed by atoms with Gasteiger partial charge in [-0.1, -0.05) is 42.5 Å². The first-order valence-corrected chi connectivity index (χ1v) is 16.3. The fourth-order valence-corrected chi connectivity index (χ4v) is 7.37. The molecule has 0 aromatic heterocycles. The summed E-state index contributed by atoms with van der Waals surface area (Å²) < 4.78 is 43.9. The van der Waals surface area contributed by atoms with Gasteiger partial charge in [0.05, 0.1) is 19.1 Å². The molecule has 1 aliphatic heterocycles. The molecule has 2 amide bonds. The lowest BCUT2D eigenvalue weighted by molar-refractivity contribution is -0.145. The van der Waals surface area contributed by atoms with Gasteiger partial charge in [0.15, 0.2) is 0 Å². The molecule has 0 spiro atoms. The molecule has 4 aromatic carbocycles. The van der Waals surface area contributed by atoms with E-state index in [1.165, 1.54) is 13.2 Å². The van der Waals surface area contributed by atoms with E-state index in [0.717, 1.165) is 15.1 Å². The largest absolute Gasteiger partial charge is 0.497 e.